The molecule has 0 radical (unpaired) electrons. The third-order valence-corrected chi connectivity index (χ3v) is 7.56. The number of halogens is 2. The van der Waals surface area contributed by atoms with Crippen molar-refractivity contribution in [3.05, 3.63) is 34.8 Å². The minimum Gasteiger partial charge on any atom is -0.435 e. The minimum atomic E-state index is -2.89. The predicted octanol–water partition coefficient (Wildman–Crippen LogP) is 4.86. The van der Waals surface area contributed by atoms with Gasteiger partial charge < -0.3 is 4.74 Å². The third kappa shape index (κ3) is 3.27. The number of carbonyl (C=O) groups is 1. The number of ether oxygens (including phenoxy) is 1. The van der Waals surface area contributed by atoms with E-state index in [1.807, 2.05) is 0 Å². The van der Waals surface area contributed by atoms with Crippen molar-refractivity contribution in [1.82, 2.24) is 10.2 Å². The van der Waals surface area contributed by atoms with Gasteiger partial charge in [-0.2, -0.15) is 8.78 Å². The topological polar surface area (TPSA) is 64.1 Å². The minimum absolute atomic E-state index is 0.0200. The van der Waals surface area contributed by atoms with Crippen molar-refractivity contribution < 1.29 is 18.3 Å². The molecule has 148 valence electrons. The van der Waals surface area contributed by atoms with Crippen molar-refractivity contribution in [2.75, 3.05) is 5.32 Å². The molecule has 1 N–H and O–H groups in total. The molecule has 4 aliphatic carbocycles. The van der Waals surface area contributed by atoms with Crippen LogP contribution in [0.5, 0.6) is 5.75 Å². The molecule has 4 bridgehead atoms. The SMILES string of the molecule is O=C(Nc1nnc(C23CC4CC(CC(C4)C2)C3)s1)c1ccc(OC(F)F)cc1. The highest BCUT2D eigenvalue weighted by Gasteiger charge is 2.53. The lowest BCUT2D eigenvalue weighted by Gasteiger charge is -2.55. The van der Waals surface area contributed by atoms with Crippen LogP contribution in [-0.4, -0.2) is 22.7 Å². The van der Waals surface area contributed by atoms with Crippen molar-refractivity contribution in [1.29, 1.82) is 0 Å². The first-order valence-electron chi connectivity index (χ1n) is 9.69. The highest BCUT2D eigenvalue weighted by Crippen LogP contribution is 2.61. The Morgan fingerprint density at radius 2 is 1.68 bits per heavy atom. The summed E-state index contributed by atoms with van der Waals surface area (Å²) >= 11 is 1.48. The van der Waals surface area contributed by atoms with Gasteiger partial charge in [-0.3, -0.25) is 10.1 Å². The zero-order valence-electron chi connectivity index (χ0n) is 15.2. The lowest BCUT2D eigenvalue weighted by atomic mass is 9.50. The van der Waals surface area contributed by atoms with Crippen LogP contribution in [0.25, 0.3) is 0 Å². The van der Waals surface area contributed by atoms with E-state index in [-0.39, 0.29) is 17.1 Å². The van der Waals surface area contributed by atoms with Crippen LogP contribution in [0, 0.1) is 17.8 Å². The van der Waals surface area contributed by atoms with Crippen LogP contribution >= 0.6 is 11.3 Å². The molecule has 4 saturated carbocycles. The van der Waals surface area contributed by atoms with Crippen LogP contribution in [-0.2, 0) is 5.41 Å². The Hall–Kier alpha value is -2.09. The van der Waals surface area contributed by atoms with Crippen molar-refractivity contribution >= 4 is 22.4 Å². The molecular formula is C20H21F2N3O2S. The summed E-state index contributed by atoms with van der Waals surface area (Å²) in [6, 6.07) is 5.60. The number of benzene rings is 1. The Labute approximate surface area is 165 Å². The van der Waals surface area contributed by atoms with Gasteiger partial charge in [-0.15, -0.1) is 10.2 Å². The molecule has 28 heavy (non-hydrogen) atoms. The third-order valence-electron chi connectivity index (χ3n) is 6.48. The van der Waals surface area contributed by atoms with Crippen molar-refractivity contribution in [3.8, 4) is 5.75 Å². The Bertz CT molecular complexity index is 849. The van der Waals surface area contributed by atoms with E-state index >= 15 is 0 Å². The van der Waals surface area contributed by atoms with Gasteiger partial charge >= 0.3 is 6.61 Å². The largest absolute Gasteiger partial charge is 0.435 e. The first-order chi connectivity index (χ1) is 13.5. The van der Waals surface area contributed by atoms with Crippen molar-refractivity contribution in [2.45, 2.75) is 50.6 Å². The number of hydrogen-bond acceptors (Lipinski definition) is 5. The number of nitrogens with one attached hydrogen (secondary N) is 1. The van der Waals surface area contributed by atoms with Gasteiger partial charge in [0.25, 0.3) is 5.91 Å². The van der Waals surface area contributed by atoms with Crippen LogP contribution in [0.4, 0.5) is 13.9 Å². The highest BCUT2D eigenvalue weighted by molar-refractivity contribution is 7.15. The molecule has 0 aliphatic heterocycles. The summed E-state index contributed by atoms with van der Waals surface area (Å²) in [6.45, 7) is -2.89. The lowest BCUT2D eigenvalue weighted by Crippen LogP contribution is -2.48. The molecule has 4 fully saturated rings. The zero-order valence-corrected chi connectivity index (χ0v) is 16.1. The fourth-order valence-electron chi connectivity index (χ4n) is 5.82. The van der Waals surface area contributed by atoms with E-state index < -0.39 is 6.61 Å². The fraction of sp³-hybridized carbons (Fsp3) is 0.550. The normalized spacial score (nSPS) is 30.6. The average Bonchev–Trinajstić information content (AvgIpc) is 3.10. The van der Waals surface area contributed by atoms with Gasteiger partial charge in [0.2, 0.25) is 5.13 Å². The molecule has 1 aromatic carbocycles. The Morgan fingerprint density at radius 3 is 2.25 bits per heavy atom. The second-order valence-corrected chi connectivity index (χ2v) is 9.44. The summed E-state index contributed by atoms with van der Waals surface area (Å²) in [5.41, 5.74) is 0.511. The van der Waals surface area contributed by atoms with E-state index in [4.69, 9.17) is 0 Å². The Balaban J connectivity index is 1.28. The van der Waals surface area contributed by atoms with Gasteiger partial charge in [0.1, 0.15) is 10.8 Å². The van der Waals surface area contributed by atoms with Crippen LogP contribution in [0.3, 0.4) is 0 Å². The molecule has 0 unspecified atom stereocenters. The number of anilines is 1. The van der Waals surface area contributed by atoms with E-state index in [9.17, 15) is 13.6 Å². The molecule has 0 saturated heterocycles. The number of hydrogen-bond donors (Lipinski definition) is 1. The van der Waals surface area contributed by atoms with Gasteiger partial charge in [0.05, 0.1) is 0 Å². The second kappa shape index (κ2) is 6.76. The van der Waals surface area contributed by atoms with E-state index in [0.29, 0.717) is 10.7 Å². The smallest absolute Gasteiger partial charge is 0.387 e. The fourth-order valence-corrected chi connectivity index (χ4v) is 6.77. The van der Waals surface area contributed by atoms with Crippen molar-refractivity contribution in [3.63, 3.8) is 0 Å². The number of nitrogens with zero attached hydrogens (tertiary/aromatic N) is 2. The average molecular weight is 405 g/mol. The number of carbonyl (C=O) groups excluding carboxylic acids is 1. The molecule has 8 heteroatoms. The summed E-state index contributed by atoms with van der Waals surface area (Å²) < 4.78 is 28.7. The summed E-state index contributed by atoms with van der Waals surface area (Å²) in [5, 5.41) is 13.0. The molecule has 4 aliphatic rings. The second-order valence-electron chi connectivity index (χ2n) is 8.47. The van der Waals surface area contributed by atoms with E-state index in [1.165, 1.54) is 74.1 Å². The maximum atomic E-state index is 12.4. The van der Waals surface area contributed by atoms with Crippen molar-refractivity contribution in [2.24, 2.45) is 17.8 Å². The quantitative estimate of drug-likeness (QED) is 0.772. The zero-order chi connectivity index (χ0) is 19.3. The first kappa shape index (κ1) is 18.0. The summed E-state index contributed by atoms with van der Waals surface area (Å²) in [4.78, 5) is 12.4. The molecule has 6 rings (SSSR count). The van der Waals surface area contributed by atoms with Gasteiger partial charge in [-0.25, -0.2) is 0 Å². The summed E-state index contributed by atoms with van der Waals surface area (Å²) in [5.74, 6) is 2.15. The molecule has 0 atom stereocenters. The monoisotopic (exact) mass is 405 g/mol. The van der Waals surface area contributed by atoms with E-state index in [0.717, 1.165) is 22.8 Å². The summed E-state index contributed by atoms with van der Waals surface area (Å²) in [7, 11) is 0. The number of aromatic nitrogens is 2. The molecule has 5 nitrogen and oxygen atoms in total. The van der Waals surface area contributed by atoms with Gasteiger partial charge in [-0.1, -0.05) is 11.3 Å². The van der Waals surface area contributed by atoms with E-state index in [1.54, 1.807) is 0 Å². The lowest BCUT2D eigenvalue weighted by molar-refractivity contribution is -0.0498. The Kier molecular flexibility index (Phi) is 4.34. The van der Waals surface area contributed by atoms with Crippen LogP contribution < -0.4 is 10.1 Å². The van der Waals surface area contributed by atoms with Crippen LogP contribution in [0.2, 0.25) is 0 Å². The van der Waals surface area contributed by atoms with Crippen LogP contribution in [0.1, 0.15) is 53.9 Å². The van der Waals surface area contributed by atoms with E-state index in [2.05, 4.69) is 20.3 Å². The molecule has 1 aromatic heterocycles. The molecule has 1 amide bonds. The first-order valence-corrected chi connectivity index (χ1v) is 10.5. The number of amides is 1. The number of rotatable bonds is 5. The molecular weight excluding hydrogens is 384 g/mol. The van der Waals surface area contributed by atoms with Gasteiger partial charge in [-0.05, 0) is 80.5 Å². The predicted molar refractivity (Wildman–Crippen MR) is 101 cm³/mol. The maximum Gasteiger partial charge on any atom is 0.387 e. The van der Waals surface area contributed by atoms with Gasteiger partial charge in [0.15, 0.2) is 0 Å². The standard InChI is InChI=1S/C20H21F2N3O2S/c21-18(22)27-15-3-1-14(2-4-15)16(26)23-19-25-24-17(28-19)20-8-11-5-12(9-20)7-13(6-11)10-20/h1-4,11-13,18H,5-10H2,(H,23,25,26). The molecule has 2 aromatic rings. The number of alkyl halides is 2. The summed E-state index contributed by atoms with van der Waals surface area (Å²) in [6.07, 6.45) is 7.71. The molecule has 0 spiro atoms. The maximum absolute atomic E-state index is 12.4. The molecule has 1 heterocycles. The van der Waals surface area contributed by atoms with Crippen LogP contribution in [0.15, 0.2) is 24.3 Å². The highest BCUT2D eigenvalue weighted by atomic mass is 32.1. The Morgan fingerprint density at radius 1 is 1.07 bits per heavy atom. The van der Waals surface area contributed by atoms with Gasteiger partial charge in [0, 0.05) is 11.0 Å².